The third-order valence-electron chi connectivity index (χ3n) is 2.02. The Balaban J connectivity index is 0. The minimum atomic E-state index is -1.46. The number of benzene rings is 1. The minimum absolute atomic E-state index is 0.450. The van der Waals surface area contributed by atoms with E-state index in [1.165, 1.54) is 0 Å². The van der Waals surface area contributed by atoms with E-state index < -0.39 is 7.12 Å². The predicted octanol–water partition coefficient (Wildman–Crippen LogP) is 1.49. The summed E-state index contributed by atoms with van der Waals surface area (Å²) in [5, 5.41) is 18.2. The number of hydrogen-bond acceptors (Lipinski definition) is 4. The summed E-state index contributed by atoms with van der Waals surface area (Å²) in [6, 6.07) is 5.25. The number of hydrogen-bond donors (Lipinski definition) is 2. The molecule has 0 aliphatic heterocycles. The molecule has 0 atom stereocenters. The zero-order valence-electron chi connectivity index (χ0n) is 13.3. The largest absolute Gasteiger partial charge is 0.497 e. The normalized spacial score (nSPS) is 8.95. The van der Waals surface area contributed by atoms with Gasteiger partial charge in [-0.15, -0.1) is 0 Å². The van der Waals surface area contributed by atoms with E-state index in [4.69, 9.17) is 14.8 Å². The molecule has 110 valence electrons. The number of rotatable bonds is 4. The summed E-state index contributed by atoms with van der Waals surface area (Å²) < 4.78 is 5.09. The molecule has 0 saturated carbocycles. The first-order chi connectivity index (χ1) is 9.02. The van der Waals surface area contributed by atoms with Gasteiger partial charge in [-0.2, -0.15) is 0 Å². The van der Waals surface area contributed by atoms with E-state index in [0.717, 1.165) is 12.1 Å². The lowest BCUT2D eigenvalue weighted by Gasteiger charge is -2.12. The average molecular weight is 269 g/mol. The zero-order valence-corrected chi connectivity index (χ0v) is 13.3. The highest BCUT2D eigenvalue weighted by atomic mass is 16.5. The lowest BCUT2D eigenvalue weighted by molar-refractivity contribution is 0.394. The Morgan fingerprint density at radius 3 is 1.95 bits per heavy atom. The maximum absolute atomic E-state index is 9.09. The minimum Gasteiger partial charge on any atom is -0.497 e. The molecule has 0 bridgehead atoms. The Labute approximate surface area is 118 Å². The molecule has 19 heavy (non-hydrogen) atoms. The number of ether oxygens (including phenoxy) is 1. The monoisotopic (exact) mass is 269 g/mol. The van der Waals surface area contributed by atoms with E-state index in [1.54, 1.807) is 19.2 Å². The molecule has 1 aromatic rings. The molecule has 5 heteroatoms. The summed E-state index contributed by atoms with van der Waals surface area (Å²) in [5.41, 5.74) is 1.44. The zero-order chi connectivity index (χ0) is 15.4. The molecule has 0 fully saturated rings. The molecule has 1 rings (SSSR count). The van der Waals surface area contributed by atoms with Crippen molar-refractivity contribution in [1.29, 1.82) is 0 Å². The van der Waals surface area contributed by atoms with Crippen LogP contribution in [0.2, 0.25) is 0 Å². The van der Waals surface area contributed by atoms with Crippen LogP contribution < -0.4 is 10.2 Å². The Kier molecular flexibility index (Phi) is 12.8. The SMILES string of the molecule is CC.CC.COc1cc(CN(C)C)cc(B(O)O)c1. The van der Waals surface area contributed by atoms with Gasteiger partial charge in [0.25, 0.3) is 0 Å². The summed E-state index contributed by atoms with van der Waals surface area (Å²) in [6.45, 7) is 8.73. The van der Waals surface area contributed by atoms with Gasteiger partial charge in [-0.25, -0.2) is 0 Å². The summed E-state index contributed by atoms with van der Waals surface area (Å²) in [5.74, 6) is 0.637. The molecular weight excluding hydrogens is 241 g/mol. The van der Waals surface area contributed by atoms with Gasteiger partial charge in [-0.05, 0) is 37.3 Å². The van der Waals surface area contributed by atoms with Crippen molar-refractivity contribution in [1.82, 2.24) is 4.90 Å². The second-order valence-corrected chi connectivity index (χ2v) is 3.73. The van der Waals surface area contributed by atoms with Crippen LogP contribution in [0.5, 0.6) is 5.75 Å². The van der Waals surface area contributed by atoms with Gasteiger partial charge in [0.05, 0.1) is 7.11 Å². The van der Waals surface area contributed by atoms with Crippen LogP contribution in [0, 0.1) is 0 Å². The predicted molar refractivity (Wildman–Crippen MR) is 82.9 cm³/mol. The van der Waals surface area contributed by atoms with Crippen molar-refractivity contribution in [3.8, 4) is 5.75 Å². The van der Waals surface area contributed by atoms with E-state index >= 15 is 0 Å². The molecule has 4 nitrogen and oxygen atoms in total. The van der Waals surface area contributed by atoms with Gasteiger partial charge in [0.1, 0.15) is 5.75 Å². The molecule has 0 heterocycles. The molecule has 0 aliphatic rings. The van der Waals surface area contributed by atoms with Gasteiger partial charge < -0.3 is 19.7 Å². The van der Waals surface area contributed by atoms with Gasteiger partial charge in [-0.1, -0.05) is 33.8 Å². The highest BCUT2D eigenvalue weighted by Gasteiger charge is 2.13. The van der Waals surface area contributed by atoms with E-state index in [2.05, 4.69) is 0 Å². The molecule has 2 N–H and O–H groups in total. The third-order valence-corrected chi connectivity index (χ3v) is 2.02. The van der Waals surface area contributed by atoms with Crippen LogP contribution in [0.25, 0.3) is 0 Å². The van der Waals surface area contributed by atoms with Crippen molar-refractivity contribution in [3.63, 3.8) is 0 Å². The molecule has 1 aromatic carbocycles. The fourth-order valence-electron chi connectivity index (χ4n) is 1.41. The molecule has 0 aliphatic carbocycles. The van der Waals surface area contributed by atoms with Gasteiger partial charge in [-0.3, -0.25) is 0 Å². The average Bonchev–Trinajstić information content (AvgIpc) is 2.42. The van der Waals surface area contributed by atoms with Crippen LogP contribution >= 0.6 is 0 Å². The van der Waals surface area contributed by atoms with Gasteiger partial charge in [0.2, 0.25) is 0 Å². The van der Waals surface area contributed by atoms with E-state index in [-0.39, 0.29) is 0 Å². The first kappa shape index (κ1) is 20.3. The maximum atomic E-state index is 9.09. The van der Waals surface area contributed by atoms with Crippen LogP contribution in [0.15, 0.2) is 18.2 Å². The lowest BCUT2D eigenvalue weighted by atomic mass is 9.79. The molecule has 0 unspecified atom stereocenters. The Hall–Kier alpha value is -1.04. The van der Waals surface area contributed by atoms with Gasteiger partial charge >= 0.3 is 7.12 Å². The van der Waals surface area contributed by atoms with Crippen molar-refractivity contribution in [3.05, 3.63) is 23.8 Å². The molecular formula is C14H28BNO3. The number of nitrogens with zero attached hydrogens (tertiary/aromatic N) is 1. The fourth-order valence-corrected chi connectivity index (χ4v) is 1.41. The third kappa shape index (κ3) is 8.64. The Morgan fingerprint density at radius 1 is 1.05 bits per heavy atom. The summed E-state index contributed by atoms with van der Waals surface area (Å²) in [4.78, 5) is 2.00. The van der Waals surface area contributed by atoms with Gasteiger partial charge in [0, 0.05) is 6.54 Å². The fraction of sp³-hybridized carbons (Fsp3) is 0.571. The van der Waals surface area contributed by atoms with Crippen molar-refractivity contribution < 1.29 is 14.8 Å². The maximum Gasteiger partial charge on any atom is 0.488 e. The highest BCUT2D eigenvalue weighted by Crippen LogP contribution is 2.12. The van der Waals surface area contributed by atoms with Crippen LogP contribution in [0.3, 0.4) is 0 Å². The Bertz CT molecular complexity index is 330. The molecule has 0 aromatic heterocycles. The summed E-state index contributed by atoms with van der Waals surface area (Å²) in [7, 11) is 4.01. The smallest absolute Gasteiger partial charge is 0.488 e. The summed E-state index contributed by atoms with van der Waals surface area (Å²) >= 11 is 0. The number of methoxy groups -OCH3 is 1. The second-order valence-electron chi connectivity index (χ2n) is 3.73. The topological polar surface area (TPSA) is 52.9 Å². The van der Waals surface area contributed by atoms with E-state index in [9.17, 15) is 0 Å². The van der Waals surface area contributed by atoms with Crippen LogP contribution in [0.1, 0.15) is 33.3 Å². The van der Waals surface area contributed by atoms with Crippen molar-refractivity contribution in [2.24, 2.45) is 0 Å². The molecule has 0 saturated heterocycles. The summed E-state index contributed by atoms with van der Waals surface area (Å²) in [6.07, 6.45) is 0. The first-order valence-corrected chi connectivity index (χ1v) is 6.71. The Morgan fingerprint density at radius 2 is 1.58 bits per heavy atom. The van der Waals surface area contributed by atoms with Gasteiger partial charge in [0.15, 0.2) is 0 Å². The van der Waals surface area contributed by atoms with Crippen LogP contribution in [0.4, 0.5) is 0 Å². The molecule has 0 spiro atoms. The van der Waals surface area contributed by atoms with Crippen molar-refractivity contribution in [2.45, 2.75) is 34.2 Å². The quantitative estimate of drug-likeness (QED) is 0.813. The highest BCUT2D eigenvalue weighted by molar-refractivity contribution is 6.58. The van der Waals surface area contributed by atoms with Crippen molar-refractivity contribution >= 4 is 12.6 Å². The second kappa shape index (κ2) is 12.0. The van der Waals surface area contributed by atoms with E-state index in [1.807, 2.05) is 52.8 Å². The van der Waals surface area contributed by atoms with Crippen LogP contribution in [-0.4, -0.2) is 43.3 Å². The standard InChI is InChI=1S/C10H16BNO3.2C2H6/c1-12(2)7-8-4-9(11(13)14)6-10(5-8)15-3;2*1-2/h4-6,13-14H,7H2,1-3H3;2*1-2H3. The first-order valence-electron chi connectivity index (χ1n) is 6.71. The molecule has 0 radical (unpaired) electrons. The lowest BCUT2D eigenvalue weighted by Crippen LogP contribution is -2.30. The molecule has 0 amide bonds. The van der Waals surface area contributed by atoms with Crippen LogP contribution in [-0.2, 0) is 6.54 Å². The van der Waals surface area contributed by atoms with Crippen molar-refractivity contribution in [2.75, 3.05) is 21.2 Å². The van der Waals surface area contributed by atoms with E-state index in [0.29, 0.717) is 11.2 Å².